The largest absolute Gasteiger partial charge is 0.297 e. The molecule has 14 heavy (non-hydrogen) atoms. The summed E-state index contributed by atoms with van der Waals surface area (Å²) in [6, 6.07) is 4.09. The Morgan fingerprint density at radius 3 is 2.71 bits per heavy atom. The number of pyridine rings is 1. The number of hydrogen-bond donors (Lipinski definition) is 0. The van der Waals surface area contributed by atoms with Crippen molar-refractivity contribution >= 4 is 31.9 Å². The molecule has 0 aliphatic carbocycles. The van der Waals surface area contributed by atoms with Crippen molar-refractivity contribution < 1.29 is 0 Å². The molecule has 0 aliphatic heterocycles. The van der Waals surface area contributed by atoms with Gasteiger partial charge < -0.3 is 0 Å². The Balaban J connectivity index is 2.53. The molecule has 0 aliphatic rings. The maximum atomic E-state index is 4.34. The maximum absolute atomic E-state index is 4.34. The highest BCUT2D eigenvalue weighted by Crippen LogP contribution is 2.09. The highest BCUT2D eigenvalue weighted by atomic mass is 79.9. The molecule has 0 bridgehead atoms. The van der Waals surface area contributed by atoms with Crippen molar-refractivity contribution in [1.82, 2.24) is 9.88 Å². The minimum atomic E-state index is 0.926. The van der Waals surface area contributed by atoms with Crippen LogP contribution in [0.5, 0.6) is 0 Å². The molecule has 0 saturated heterocycles. The van der Waals surface area contributed by atoms with Crippen molar-refractivity contribution in [1.29, 1.82) is 0 Å². The zero-order valence-electron chi connectivity index (χ0n) is 8.21. The van der Waals surface area contributed by atoms with Crippen LogP contribution in [0.15, 0.2) is 22.8 Å². The van der Waals surface area contributed by atoms with E-state index in [2.05, 4.69) is 54.7 Å². The van der Waals surface area contributed by atoms with Crippen LogP contribution in [0.1, 0.15) is 12.6 Å². The van der Waals surface area contributed by atoms with Gasteiger partial charge in [-0.15, -0.1) is 0 Å². The molecule has 4 heteroatoms. The van der Waals surface area contributed by atoms with Crippen molar-refractivity contribution in [3.05, 3.63) is 28.5 Å². The Kier molecular flexibility index (Phi) is 5.67. The van der Waals surface area contributed by atoms with E-state index in [-0.39, 0.29) is 0 Å². The highest BCUT2D eigenvalue weighted by Gasteiger charge is 2.03. The molecule has 0 saturated carbocycles. The van der Waals surface area contributed by atoms with Crippen molar-refractivity contribution in [2.24, 2.45) is 0 Å². The van der Waals surface area contributed by atoms with Crippen LogP contribution in [0.3, 0.4) is 0 Å². The number of hydrogen-bond acceptors (Lipinski definition) is 2. The van der Waals surface area contributed by atoms with E-state index >= 15 is 0 Å². The first-order valence-electron chi connectivity index (χ1n) is 4.65. The van der Waals surface area contributed by atoms with Gasteiger partial charge in [0.05, 0.1) is 5.69 Å². The van der Waals surface area contributed by atoms with E-state index in [1.807, 2.05) is 12.3 Å². The summed E-state index contributed by atoms with van der Waals surface area (Å²) in [5.41, 5.74) is 1.12. The second-order valence-corrected chi connectivity index (χ2v) is 4.73. The molecule has 0 radical (unpaired) electrons. The van der Waals surface area contributed by atoms with Crippen molar-refractivity contribution in [3.63, 3.8) is 0 Å². The second-order valence-electron chi connectivity index (χ2n) is 3.03. The fraction of sp³-hybridized carbons (Fsp3) is 0.500. The topological polar surface area (TPSA) is 16.1 Å². The van der Waals surface area contributed by atoms with Crippen LogP contribution in [0.25, 0.3) is 0 Å². The summed E-state index contributed by atoms with van der Waals surface area (Å²) in [6.45, 7) is 5.22. The van der Waals surface area contributed by atoms with E-state index in [0.29, 0.717) is 0 Å². The minimum Gasteiger partial charge on any atom is -0.297 e. The lowest BCUT2D eigenvalue weighted by Crippen LogP contribution is -2.25. The molecular formula is C10H14Br2N2. The maximum Gasteiger partial charge on any atom is 0.0544 e. The van der Waals surface area contributed by atoms with E-state index in [1.54, 1.807) is 0 Å². The number of rotatable bonds is 5. The van der Waals surface area contributed by atoms with Gasteiger partial charge in [0.2, 0.25) is 0 Å². The average molecular weight is 322 g/mol. The third kappa shape index (κ3) is 4.07. The summed E-state index contributed by atoms with van der Waals surface area (Å²) in [5.74, 6) is 0. The van der Waals surface area contributed by atoms with Gasteiger partial charge in [-0.3, -0.25) is 9.88 Å². The monoisotopic (exact) mass is 320 g/mol. The molecule has 78 valence electrons. The average Bonchev–Trinajstić information content (AvgIpc) is 2.20. The van der Waals surface area contributed by atoms with Crippen LogP contribution in [-0.2, 0) is 6.54 Å². The Bertz CT molecular complexity index is 261. The van der Waals surface area contributed by atoms with Gasteiger partial charge >= 0.3 is 0 Å². The highest BCUT2D eigenvalue weighted by molar-refractivity contribution is 9.10. The summed E-state index contributed by atoms with van der Waals surface area (Å²) in [6.07, 6.45) is 1.84. The van der Waals surface area contributed by atoms with Crippen molar-refractivity contribution in [2.45, 2.75) is 13.5 Å². The first kappa shape index (κ1) is 12.1. The first-order valence-corrected chi connectivity index (χ1v) is 6.56. The van der Waals surface area contributed by atoms with Gasteiger partial charge in [0.25, 0.3) is 0 Å². The van der Waals surface area contributed by atoms with Crippen LogP contribution < -0.4 is 0 Å². The number of alkyl halides is 1. The molecule has 2 nitrogen and oxygen atoms in total. The predicted molar refractivity (Wildman–Crippen MR) is 66.7 cm³/mol. The van der Waals surface area contributed by atoms with Crippen LogP contribution in [0.2, 0.25) is 0 Å². The Hall–Kier alpha value is 0.0700. The molecule has 0 unspecified atom stereocenters. The van der Waals surface area contributed by atoms with Crippen molar-refractivity contribution in [3.8, 4) is 0 Å². The van der Waals surface area contributed by atoms with Crippen molar-refractivity contribution in [2.75, 3.05) is 18.4 Å². The van der Waals surface area contributed by atoms with Gasteiger partial charge in [-0.1, -0.05) is 22.9 Å². The molecule has 0 N–H and O–H groups in total. The number of halogens is 2. The van der Waals surface area contributed by atoms with Gasteiger partial charge in [-0.05, 0) is 34.6 Å². The molecule has 1 aromatic heterocycles. The normalized spacial score (nSPS) is 10.9. The Morgan fingerprint density at radius 1 is 1.43 bits per heavy atom. The van der Waals surface area contributed by atoms with Crippen LogP contribution >= 0.6 is 31.9 Å². The van der Waals surface area contributed by atoms with E-state index in [9.17, 15) is 0 Å². The van der Waals surface area contributed by atoms with E-state index in [4.69, 9.17) is 0 Å². The van der Waals surface area contributed by atoms with Gasteiger partial charge in [-0.2, -0.15) is 0 Å². The Labute approximate surface area is 102 Å². The first-order chi connectivity index (χ1) is 6.76. The molecule has 0 fully saturated rings. The Morgan fingerprint density at radius 2 is 2.21 bits per heavy atom. The molecule has 1 aromatic rings. The molecule has 0 atom stereocenters. The third-order valence-corrected chi connectivity index (χ3v) is 2.85. The lowest BCUT2D eigenvalue weighted by atomic mass is 10.3. The molecule has 0 spiro atoms. The van der Waals surface area contributed by atoms with Crippen LogP contribution in [0, 0.1) is 0 Å². The lowest BCUT2D eigenvalue weighted by molar-refractivity contribution is 0.295. The van der Waals surface area contributed by atoms with E-state index in [0.717, 1.165) is 35.1 Å². The zero-order valence-corrected chi connectivity index (χ0v) is 11.4. The fourth-order valence-corrected chi connectivity index (χ4v) is 1.93. The van der Waals surface area contributed by atoms with Gasteiger partial charge in [0, 0.05) is 29.1 Å². The number of aromatic nitrogens is 1. The molecule has 1 rings (SSSR count). The van der Waals surface area contributed by atoms with Gasteiger partial charge in [-0.25, -0.2) is 0 Å². The molecule has 0 aromatic carbocycles. The molecular weight excluding hydrogens is 308 g/mol. The summed E-state index contributed by atoms with van der Waals surface area (Å²) in [4.78, 5) is 6.70. The van der Waals surface area contributed by atoms with Crippen LogP contribution in [0.4, 0.5) is 0 Å². The molecule has 1 heterocycles. The summed E-state index contributed by atoms with van der Waals surface area (Å²) in [5, 5.41) is 1.01. The summed E-state index contributed by atoms with van der Waals surface area (Å²) < 4.78 is 1.03. The SMILES string of the molecule is CCN(CCBr)Cc1ccc(Br)cn1. The third-order valence-electron chi connectivity index (χ3n) is 2.02. The quantitative estimate of drug-likeness (QED) is 0.775. The smallest absolute Gasteiger partial charge is 0.0544 e. The second kappa shape index (κ2) is 6.53. The van der Waals surface area contributed by atoms with E-state index < -0.39 is 0 Å². The zero-order chi connectivity index (χ0) is 10.4. The predicted octanol–water partition coefficient (Wildman–Crippen LogP) is 3.06. The van der Waals surface area contributed by atoms with Gasteiger partial charge in [0.15, 0.2) is 0 Å². The number of nitrogens with zero attached hydrogens (tertiary/aromatic N) is 2. The standard InChI is InChI=1S/C10H14Br2N2/c1-2-14(6-5-11)8-10-4-3-9(12)7-13-10/h3-4,7H,2,5-6,8H2,1H3. The lowest BCUT2D eigenvalue weighted by Gasteiger charge is -2.18. The fourth-order valence-electron chi connectivity index (χ4n) is 1.20. The van der Waals surface area contributed by atoms with E-state index in [1.165, 1.54) is 0 Å². The summed E-state index contributed by atoms with van der Waals surface area (Å²) in [7, 11) is 0. The molecule has 0 amide bonds. The van der Waals surface area contributed by atoms with Gasteiger partial charge in [0.1, 0.15) is 0 Å². The summed E-state index contributed by atoms with van der Waals surface area (Å²) >= 11 is 6.82. The minimum absolute atomic E-state index is 0.926. The van der Waals surface area contributed by atoms with Crippen LogP contribution in [-0.4, -0.2) is 28.3 Å².